The Labute approximate surface area is 154 Å². The lowest BCUT2D eigenvalue weighted by Crippen LogP contribution is -2.73. The van der Waals surface area contributed by atoms with E-state index in [-0.39, 0.29) is 17.1 Å². The van der Waals surface area contributed by atoms with Gasteiger partial charge in [-0.3, -0.25) is 9.69 Å². The van der Waals surface area contributed by atoms with Crippen molar-refractivity contribution in [2.75, 3.05) is 32.6 Å². The van der Waals surface area contributed by atoms with E-state index in [0.29, 0.717) is 0 Å². The van der Waals surface area contributed by atoms with E-state index in [1.54, 1.807) is 31.1 Å². The first-order valence-electron chi connectivity index (χ1n) is 8.22. The molecule has 0 unspecified atom stereocenters. The summed E-state index contributed by atoms with van der Waals surface area (Å²) in [5.74, 6) is -3.36. The number of hydrogen-bond acceptors (Lipinski definition) is 5. The van der Waals surface area contributed by atoms with Gasteiger partial charge in [-0.1, -0.05) is 12.1 Å². The number of carbonyl (C=O) groups is 2. The number of nitrogens with one attached hydrogen (secondary N) is 1. The van der Waals surface area contributed by atoms with Gasteiger partial charge in [-0.15, -0.1) is 0 Å². The van der Waals surface area contributed by atoms with Gasteiger partial charge in [-0.2, -0.15) is 13.2 Å². The van der Waals surface area contributed by atoms with E-state index in [0.717, 1.165) is 12.7 Å². The molecule has 27 heavy (non-hydrogen) atoms. The van der Waals surface area contributed by atoms with Crippen molar-refractivity contribution < 1.29 is 32.6 Å². The Hall–Kier alpha value is -2.49. The lowest BCUT2D eigenvalue weighted by molar-refractivity contribution is -0.328. The van der Waals surface area contributed by atoms with Crippen LogP contribution in [0.1, 0.15) is 18.5 Å². The predicted octanol–water partition coefficient (Wildman–Crippen LogP) is 1.88. The summed E-state index contributed by atoms with van der Waals surface area (Å²) in [6.45, 7) is 1.27. The fourth-order valence-electron chi connectivity index (χ4n) is 3.06. The summed E-state index contributed by atoms with van der Waals surface area (Å²) in [4.78, 5) is 26.4. The molecular formula is C17H22F3N3O4. The van der Waals surface area contributed by atoms with Crippen LogP contribution in [0.4, 0.5) is 23.7 Å². The highest BCUT2D eigenvalue weighted by Crippen LogP contribution is 2.46. The van der Waals surface area contributed by atoms with Crippen molar-refractivity contribution in [2.45, 2.75) is 24.9 Å². The average Bonchev–Trinajstić information content (AvgIpc) is 2.58. The van der Waals surface area contributed by atoms with Crippen LogP contribution >= 0.6 is 0 Å². The van der Waals surface area contributed by atoms with Gasteiger partial charge in [0.05, 0.1) is 12.6 Å². The third kappa shape index (κ3) is 3.53. The molecule has 3 atom stereocenters. The fourth-order valence-corrected chi connectivity index (χ4v) is 3.06. The second kappa shape index (κ2) is 7.26. The Balaban J connectivity index is 2.59. The number of hydrogen-bond donors (Lipinski definition) is 2. The van der Waals surface area contributed by atoms with Gasteiger partial charge in [0.25, 0.3) is 5.72 Å². The number of esters is 1. The molecule has 0 radical (unpaired) electrons. The number of benzene rings is 1. The number of rotatable bonds is 4. The molecular weight excluding hydrogens is 367 g/mol. The highest BCUT2D eigenvalue weighted by molar-refractivity contribution is 5.83. The van der Waals surface area contributed by atoms with E-state index in [4.69, 9.17) is 4.74 Å². The largest absolute Gasteiger partial charge is 0.466 e. The van der Waals surface area contributed by atoms with Crippen molar-refractivity contribution >= 4 is 17.7 Å². The van der Waals surface area contributed by atoms with Crippen LogP contribution < -0.4 is 10.2 Å². The van der Waals surface area contributed by atoms with Crippen molar-refractivity contribution in [3.63, 3.8) is 0 Å². The average molecular weight is 389 g/mol. The van der Waals surface area contributed by atoms with Gasteiger partial charge in [-0.25, -0.2) is 4.79 Å². The number of ether oxygens (including phenoxy) is 1. The van der Waals surface area contributed by atoms with Crippen molar-refractivity contribution in [1.29, 1.82) is 0 Å². The van der Waals surface area contributed by atoms with Gasteiger partial charge in [0.1, 0.15) is 5.92 Å². The van der Waals surface area contributed by atoms with Crippen LogP contribution in [0.3, 0.4) is 0 Å². The van der Waals surface area contributed by atoms with Crippen LogP contribution in [0, 0.1) is 5.92 Å². The molecule has 1 aliphatic rings. The molecule has 1 fully saturated rings. The molecule has 1 aromatic rings. The summed E-state index contributed by atoms with van der Waals surface area (Å²) in [6.07, 6.45) is -5.28. The third-order valence-corrected chi connectivity index (χ3v) is 4.59. The Morgan fingerprint density at radius 1 is 1.33 bits per heavy atom. The first-order valence-corrected chi connectivity index (χ1v) is 8.22. The van der Waals surface area contributed by atoms with Gasteiger partial charge in [-0.05, 0) is 24.6 Å². The number of halogens is 3. The van der Waals surface area contributed by atoms with Crippen LogP contribution in [-0.2, 0) is 9.53 Å². The van der Waals surface area contributed by atoms with Crippen LogP contribution in [0.25, 0.3) is 0 Å². The summed E-state index contributed by atoms with van der Waals surface area (Å²) in [6, 6.07) is 3.68. The molecule has 1 aromatic carbocycles. The Kier molecular flexibility index (Phi) is 5.60. The van der Waals surface area contributed by atoms with Crippen molar-refractivity contribution in [3.05, 3.63) is 29.8 Å². The number of aliphatic hydroxyl groups is 1. The molecule has 0 bridgehead atoms. The number of nitrogens with zero attached hydrogens (tertiary/aromatic N) is 2. The molecule has 2 N–H and O–H groups in total. The van der Waals surface area contributed by atoms with Crippen LogP contribution in [0.15, 0.2) is 24.3 Å². The molecule has 0 saturated carbocycles. The molecule has 2 rings (SSSR count). The molecule has 1 heterocycles. The molecule has 0 aromatic heterocycles. The summed E-state index contributed by atoms with van der Waals surface area (Å²) < 4.78 is 46.1. The first-order chi connectivity index (χ1) is 12.4. The molecule has 2 amide bonds. The SMILES string of the molecule is CCOC(=O)[C@@H]1[C@@H](c2ccc(N(C)C)cc2)NC(=O)N(C)[C@]1(O)C(F)(F)F. The maximum atomic E-state index is 13.8. The van der Waals surface area contributed by atoms with Gasteiger partial charge >= 0.3 is 18.2 Å². The lowest BCUT2D eigenvalue weighted by Gasteiger charge is -2.49. The quantitative estimate of drug-likeness (QED) is 0.769. The molecule has 150 valence electrons. The smallest absolute Gasteiger partial charge is 0.437 e. The number of carbonyl (C=O) groups excluding carboxylic acids is 2. The summed E-state index contributed by atoms with van der Waals surface area (Å²) in [7, 11) is 4.35. The molecule has 7 nitrogen and oxygen atoms in total. The van der Waals surface area contributed by atoms with E-state index in [2.05, 4.69) is 5.32 Å². The number of amides is 2. The summed E-state index contributed by atoms with van der Waals surface area (Å²) >= 11 is 0. The number of urea groups is 1. The van der Waals surface area contributed by atoms with Gasteiger partial charge in [0.2, 0.25) is 0 Å². The lowest BCUT2D eigenvalue weighted by atomic mass is 9.81. The Morgan fingerprint density at radius 3 is 2.33 bits per heavy atom. The maximum absolute atomic E-state index is 13.8. The molecule has 0 aliphatic carbocycles. The monoisotopic (exact) mass is 389 g/mol. The zero-order valence-electron chi connectivity index (χ0n) is 15.4. The molecule has 0 spiro atoms. The minimum absolute atomic E-state index is 0.0826. The van der Waals surface area contributed by atoms with Gasteiger partial charge in [0.15, 0.2) is 0 Å². The number of anilines is 1. The molecule has 10 heteroatoms. The van der Waals surface area contributed by atoms with Crippen LogP contribution in [0.5, 0.6) is 0 Å². The second-order valence-corrected chi connectivity index (χ2v) is 6.43. The normalized spacial score (nSPS) is 25.8. The topological polar surface area (TPSA) is 82.1 Å². The summed E-state index contributed by atoms with van der Waals surface area (Å²) in [5.41, 5.74) is -2.70. The van der Waals surface area contributed by atoms with Gasteiger partial charge in [0, 0.05) is 26.8 Å². The molecule has 1 aliphatic heterocycles. The summed E-state index contributed by atoms with van der Waals surface area (Å²) in [5, 5.41) is 12.9. The van der Waals surface area contributed by atoms with E-state index in [1.807, 2.05) is 0 Å². The zero-order valence-corrected chi connectivity index (χ0v) is 15.4. The first kappa shape index (κ1) is 20.8. The van der Waals surface area contributed by atoms with Crippen LogP contribution in [0.2, 0.25) is 0 Å². The van der Waals surface area contributed by atoms with E-state index >= 15 is 0 Å². The highest BCUT2D eigenvalue weighted by atomic mass is 19.4. The maximum Gasteiger partial charge on any atom is 0.437 e. The van der Waals surface area contributed by atoms with E-state index in [9.17, 15) is 27.9 Å². The Morgan fingerprint density at radius 2 is 1.89 bits per heavy atom. The number of alkyl halides is 3. The van der Waals surface area contributed by atoms with E-state index in [1.165, 1.54) is 19.1 Å². The standard InChI is InChI=1S/C17H22F3N3O4/c1-5-27-14(24)12-13(10-6-8-11(9-7-10)22(2)3)21-15(25)23(4)16(12,26)17(18,19)20/h6-9,12-13,26H,5H2,1-4H3,(H,21,25)/t12-,13+,16+/m0/s1. The minimum Gasteiger partial charge on any atom is -0.466 e. The Bertz CT molecular complexity index is 708. The van der Waals surface area contributed by atoms with Crippen molar-refractivity contribution in [2.24, 2.45) is 5.92 Å². The van der Waals surface area contributed by atoms with Gasteiger partial charge < -0.3 is 20.1 Å². The molecule has 1 saturated heterocycles. The zero-order chi connectivity index (χ0) is 20.6. The van der Waals surface area contributed by atoms with Crippen molar-refractivity contribution in [3.8, 4) is 0 Å². The van der Waals surface area contributed by atoms with Crippen LogP contribution in [-0.4, -0.2) is 61.7 Å². The minimum atomic E-state index is -5.28. The second-order valence-electron chi connectivity index (χ2n) is 6.43. The predicted molar refractivity (Wildman–Crippen MR) is 90.9 cm³/mol. The highest BCUT2D eigenvalue weighted by Gasteiger charge is 2.69. The third-order valence-electron chi connectivity index (χ3n) is 4.59. The fraction of sp³-hybridized carbons (Fsp3) is 0.529. The van der Waals surface area contributed by atoms with E-state index < -0.39 is 35.9 Å². The van der Waals surface area contributed by atoms with Crippen molar-refractivity contribution in [1.82, 2.24) is 10.2 Å².